The molecule has 0 bridgehead atoms. The molecule has 0 saturated heterocycles. The minimum Gasteiger partial charge on any atom is -0.339 e. The summed E-state index contributed by atoms with van der Waals surface area (Å²) in [6.45, 7) is 9.88. The molecule has 19 heavy (non-hydrogen) atoms. The van der Waals surface area contributed by atoms with Gasteiger partial charge in [0.25, 0.3) is 0 Å². The lowest BCUT2D eigenvalue weighted by molar-refractivity contribution is -0.143. The molecule has 1 saturated carbocycles. The smallest absolute Gasteiger partial charge is 0.230 e. The van der Waals surface area contributed by atoms with Gasteiger partial charge in [0.2, 0.25) is 5.91 Å². The molecule has 1 fully saturated rings. The zero-order valence-electron chi connectivity index (χ0n) is 13.2. The van der Waals surface area contributed by atoms with E-state index in [0.717, 1.165) is 19.4 Å². The van der Waals surface area contributed by atoms with Crippen LogP contribution in [0.5, 0.6) is 0 Å². The lowest BCUT2D eigenvalue weighted by atomic mass is 9.85. The summed E-state index contributed by atoms with van der Waals surface area (Å²) in [5, 5.41) is 0. The molecule has 0 aromatic rings. The lowest BCUT2D eigenvalue weighted by Gasteiger charge is -2.37. The third-order valence-corrected chi connectivity index (χ3v) is 4.72. The summed E-state index contributed by atoms with van der Waals surface area (Å²) in [5.74, 6) is 0.924. The van der Waals surface area contributed by atoms with Crippen molar-refractivity contribution in [3.05, 3.63) is 0 Å². The molecule has 3 nitrogen and oxygen atoms in total. The summed E-state index contributed by atoms with van der Waals surface area (Å²) in [5.41, 5.74) is 5.49. The Balaban J connectivity index is 2.79. The first-order valence-corrected chi connectivity index (χ1v) is 7.95. The van der Waals surface area contributed by atoms with Gasteiger partial charge in [0, 0.05) is 19.1 Å². The summed E-state index contributed by atoms with van der Waals surface area (Å²) >= 11 is 0. The van der Waals surface area contributed by atoms with Gasteiger partial charge in [0.1, 0.15) is 0 Å². The number of rotatable bonds is 7. The molecule has 0 aromatic heterocycles. The van der Waals surface area contributed by atoms with Gasteiger partial charge in [-0.1, -0.05) is 33.6 Å². The Kier molecular flexibility index (Phi) is 6.31. The first kappa shape index (κ1) is 16.5. The number of nitrogens with two attached hydrogens (primary N) is 1. The van der Waals surface area contributed by atoms with Gasteiger partial charge in [-0.25, -0.2) is 0 Å². The van der Waals surface area contributed by atoms with E-state index in [1.54, 1.807) is 0 Å². The number of amides is 1. The van der Waals surface area contributed by atoms with Crippen molar-refractivity contribution >= 4 is 5.91 Å². The molecule has 1 amide bonds. The summed E-state index contributed by atoms with van der Waals surface area (Å²) in [6, 6.07) is 0.462. The second kappa shape index (κ2) is 7.28. The molecule has 1 aliphatic carbocycles. The predicted molar refractivity (Wildman–Crippen MR) is 80.9 cm³/mol. The maximum atomic E-state index is 12.9. The van der Waals surface area contributed by atoms with Gasteiger partial charge in [-0.15, -0.1) is 0 Å². The van der Waals surface area contributed by atoms with E-state index in [4.69, 9.17) is 5.73 Å². The van der Waals surface area contributed by atoms with Gasteiger partial charge in [0.15, 0.2) is 0 Å². The molecular formula is C16H32N2O. The van der Waals surface area contributed by atoms with Gasteiger partial charge >= 0.3 is 0 Å². The Labute approximate surface area is 118 Å². The van der Waals surface area contributed by atoms with E-state index in [9.17, 15) is 4.79 Å². The Bertz CT molecular complexity index is 278. The maximum Gasteiger partial charge on any atom is 0.230 e. The number of nitrogens with zero attached hydrogens (tertiary/aromatic N) is 1. The summed E-state index contributed by atoms with van der Waals surface area (Å²) < 4.78 is 0. The highest BCUT2D eigenvalue weighted by Crippen LogP contribution is 2.30. The highest BCUT2D eigenvalue weighted by molar-refractivity contribution is 5.83. The van der Waals surface area contributed by atoms with Gasteiger partial charge in [-0.3, -0.25) is 4.79 Å². The molecule has 1 atom stereocenters. The first-order valence-electron chi connectivity index (χ1n) is 7.95. The van der Waals surface area contributed by atoms with Gasteiger partial charge in [-0.2, -0.15) is 0 Å². The van der Waals surface area contributed by atoms with E-state index in [2.05, 4.69) is 25.7 Å². The van der Waals surface area contributed by atoms with Crippen molar-refractivity contribution in [3.63, 3.8) is 0 Å². The molecule has 1 unspecified atom stereocenters. The van der Waals surface area contributed by atoms with Crippen LogP contribution in [0.1, 0.15) is 66.2 Å². The fraction of sp³-hybridized carbons (Fsp3) is 0.938. The van der Waals surface area contributed by atoms with Crippen LogP contribution in [0, 0.1) is 11.3 Å². The maximum absolute atomic E-state index is 12.9. The van der Waals surface area contributed by atoms with Crippen LogP contribution >= 0.6 is 0 Å². The van der Waals surface area contributed by atoms with Crippen molar-refractivity contribution in [1.82, 2.24) is 4.90 Å². The highest BCUT2D eigenvalue weighted by Gasteiger charge is 2.37. The van der Waals surface area contributed by atoms with Gasteiger partial charge in [0.05, 0.1) is 5.41 Å². The van der Waals surface area contributed by atoms with Crippen LogP contribution in [0.15, 0.2) is 0 Å². The molecule has 112 valence electrons. The Morgan fingerprint density at radius 1 is 1.37 bits per heavy atom. The summed E-state index contributed by atoms with van der Waals surface area (Å²) in [4.78, 5) is 15.0. The van der Waals surface area contributed by atoms with Crippen LogP contribution in [0.4, 0.5) is 0 Å². The molecule has 0 radical (unpaired) electrons. The fourth-order valence-electron chi connectivity index (χ4n) is 2.79. The predicted octanol–water partition coefficient (Wildman–Crippen LogP) is 3.18. The molecule has 0 spiro atoms. The van der Waals surface area contributed by atoms with Crippen LogP contribution in [-0.2, 0) is 4.79 Å². The van der Waals surface area contributed by atoms with E-state index in [1.165, 1.54) is 25.7 Å². The van der Waals surface area contributed by atoms with Crippen molar-refractivity contribution in [2.45, 2.75) is 72.3 Å². The molecule has 2 N–H and O–H groups in total. The first-order chi connectivity index (χ1) is 8.94. The van der Waals surface area contributed by atoms with Gasteiger partial charge < -0.3 is 10.6 Å². The fourth-order valence-corrected chi connectivity index (χ4v) is 2.79. The minimum absolute atomic E-state index is 0.282. The monoisotopic (exact) mass is 268 g/mol. The van der Waals surface area contributed by atoms with Gasteiger partial charge in [-0.05, 0) is 38.5 Å². The van der Waals surface area contributed by atoms with Crippen LogP contribution < -0.4 is 5.73 Å². The number of carbonyl (C=O) groups is 1. The largest absolute Gasteiger partial charge is 0.339 e. The van der Waals surface area contributed by atoms with Crippen LogP contribution in [0.2, 0.25) is 0 Å². The molecular weight excluding hydrogens is 236 g/mol. The van der Waals surface area contributed by atoms with Crippen molar-refractivity contribution < 1.29 is 4.79 Å². The van der Waals surface area contributed by atoms with Crippen molar-refractivity contribution in [1.29, 1.82) is 0 Å². The second-order valence-electron chi connectivity index (χ2n) is 6.74. The van der Waals surface area contributed by atoms with E-state index in [-0.39, 0.29) is 11.3 Å². The SMILES string of the molecule is CCC(C)(CN)C(=O)N(CCC(C)C)C1CCCC1. The van der Waals surface area contributed by atoms with Crippen LogP contribution in [0.3, 0.4) is 0 Å². The number of hydrogen-bond acceptors (Lipinski definition) is 2. The Morgan fingerprint density at radius 3 is 2.37 bits per heavy atom. The molecule has 1 aliphatic rings. The number of carbonyl (C=O) groups excluding carboxylic acids is 1. The third-order valence-electron chi connectivity index (χ3n) is 4.72. The molecule has 0 aromatic carbocycles. The van der Waals surface area contributed by atoms with E-state index in [1.807, 2.05) is 6.92 Å². The highest BCUT2D eigenvalue weighted by atomic mass is 16.2. The Hall–Kier alpha value is -0.570. The molecule has 0 heterocycles. The van der Waals surface area contributed by atoms with E-state index < -0.39 is 0 Å². The quantitative estimate of drug-likeness (QED) is 0.771. The van der Waals surface area contributed by atoms with Crippen molar-refractivity contribution in [2.24, 2.45) is 17.1 Å². The molecule has 0 aliphatic heterocycles. The third kappa shape index (κ3) is 4.20. The average Bonchev–Trinajstić information content (AvgIpc) is 2.91. The minimum atomic E-state index is -0.375. The second-order valence-corrected chi connectivity index (χ2v) is 6.74. The van der Waals surface area contributed by atoms with Crippen LogP contribution in [0.25, 0.3) is 0 Å². The zero-order valence-corrected chi connectivity index (χ0v) is 13.2. The normalized spacial score (nSPS) is 19.7. The van der Waals surface area contributed by atoms with Crippen LogP contribution in [-0.4, -0.2) is 29.9 Å². The molecule has 3 heteroatoms. The lowest BCUT2D eigenvalue weighted by Crippen LogP contribution is -2.50. The summed E-state index contributed by atoms with van der Waals surface area (Å²) in [6.07, 6.45) is 6.80. The molecule has 1 rings (SSSR count). The standard InChI is InChI=1S/C16H32N2O/c1-5-16(4,12-17)15(19)18(11-10-13(2)3)14-8-6-7-9-14/h13-14H,5-12,17H2,1-4H3. The number of hydrogen-bond donors (Lipinski definition) is 1. The zero-order chi connectivity index (χ0) is 14.5. The average molecular weight is 268 g/mol. The van der Waals surface area contributed by atoms with E-state index in [0.29, 0.717) is 18.5 Å². The topological polar surface area (TPSA) is 46.3 Å². The summed E-state index contributed by atoms with van der Waals surface area (Å²) in [7, 11) is 0. The van der Waals surface area contributed by atoms with E-state index >= 15 is 0 Å². The Morgan fingerprint density at radius 2 is 1.95 bits per heavy atom. The van der Waals surface area contributed by atoms with Crippen molar-refractivity contribution in [3.8, 4) is 0 Å². The van der Waals surface area contributed by atoms with Crippen molar-refractivity contribution in [2.75, 3.05) is 13.1 Å².